The van der Waals surface area contributed by atoms with E-state index in [0.717, 1.165) is 15.6 Å². The molecule has 0 saturated heterocycles. The normalized spacial score (nSPS) is 11.4. The van der Waals surface area contributed by atoms with Gasteiger partial charge in [-0.15, -0.1) is 10.2 Å². The molecule has 3 rings (SSSR count). The highest BCUT2D eigenvalue weighted by Gasteiger charge is 2.12. The quantitative estimate of drug-likeness (QED) is 0.641. The lowest BCUT2D eigenvalue weighted by molar-refractivity contribution is 0.0995. The van der Waals surface area contributed by atoms with E-state index in [2.05, 4.69) is 31.1 Å². The summed E-state index contributed by atoms with van der Waals surface area (Å²) in [6, 6.07) is 12.6. The molecular weight excluding hydrogens is 346 g/mol. The molecule has 2 aromatic carbocycles. The molecule has 0 aliphatic carbocycles. The van der Waals surface area contributed by atoms with Crippen molar-refractivity contribution in [1.82, 2.24) is 4.98 Å². The van der Waals surface area contributed by atoms with Gasteiger partial charge in [-0.2, -0.15) is 0 Å². The number of hydrogen-bond acceptors (Lipinski definition) is 3. The number of aromatic nitrogens is 1. The first-order chi connectivity index (χ1) is 10.5. The van der Waals surface area contributed by atoms with Gasteiger partial charge in [-0.1, -0.05) is 33.6 Å². The Morgan fingerprint density at radius 1 is 1.23 bits per heavy atom. The Morgan fingerprint density at radius 3 is 2.82 bits per heavy atom. The van der Waals surface area contributed by atoms with Gasteiger partial charge in [0.2, 0.25) is 5.88 Å². The monoisotopic (exact) mass is 357 g/mol. The smallest absolute Gasteiger partial charge is 0.295 e. The van der Waals surface area contributed by atoms with Crippen LogP contribution in [0.1, 0.15) is 15.9 Å². The summed E-state index contributed by atoms with van der Waals surface area (Å²) in [5.74, 6) is -0.568. The zero-order valence-electron chi connectivity index (χ0n) is 11.7. The van der Waals surface area contributed by atoms with E-state index in [1.54, 1.807) is 30.3 Å². The summed E-state index contributed by atoms with van der Waals surface area (Å²) < 4.78 is 0.848. The number of hydrogen-bond donors (Lipinski definition) is 2. The SMILES string of the molecule is Cc1cccc(C(=O)N=Nc2c(O)[nH]c3ccc(Br)cc23)c1. The molecule has 0 aliphatic rings. The third-order valence-electron chi connectivity index (χ3n) is 3.22. The minimum atomic E-state index is -0.451. The lowest BCUT2D eigenvalue weighted by Gasteiger charge is -1.96. The number of amides is 1. The number of nitrogens with zero attached hydrogens (tertiary/aromatic N) is 2. The molecule has 22 heavy (non-hydrogen) atoms. The Labute approximate surface area is 134 Å². The van der Waals surface area contributed by atoms with Gasteiger partial charge in [0.05, 0.1) is 5.52 Å². The molecule has 0 atom stereocenters. The summed E-state index contributed by atoms with van der Waals surface area (Å²) in [7, 11) is 0. The lowest BCUT2D eigenvalue weighted by Crippen LogP contribution is -1.93. The molecule has 1 amide bonds. The van der Waals surface area contributed by atoms with Gasteiger partial charge in [-0.05, 0) is 37.3 Å². The summed E-state index contributed by atoms with van der Waals surface area (Å²) in [4.78, 5) is 14.8. The molecule has 1 aromatic heterocycles. The highest BCUT2D eigenvalue weighted by molar-refractivity contribution is 9.10. The molecule has 0 aliphatic heterocycles. The second-order valence-corrected chi connectivity index (χ2v) is 5.80. The zero-order valence-corrected chi connectivity index (χ0v) is 13.3. The van der Waals surface area contributed by atoms with Crippen molar-refractivity contribution in [2.75, 3.05) is 0 Å². The maximum atomic E-state index is 12.0. The van der Waals surface area contributed by atoms with Crippen molar-refractivity contribution >= 4 is 38.4 Å². The predicted molar refractivity (Wildman–Crippen MR) is 87.7 cm³/mol. The number of azo groups is 1. The Morgan fingerprint density at radius 2 is 2.05 bits per heavy atom. The predicted octanol–water partition coefficient (Wildman–Crippen LogP) is 4.87. The molecule has 1 heterocycles. The van der Waals surface area contributed by atoms with Crippen LogP contribution in [0.5, 0.6) is 5.88 Å². The van der Waals surface area contributed by atoms with Crippen LogP contribution in [0.3, 0.4) is 0 Å². The number of nitrogens with one attached hydrogen (secondary N) is 1. The van der Waals surface area contributed by atoms with Crippen LogP contribution in [0, 0.1) is 6.92 Å². The van der Waals surface area contributed by atoms with Crippen LogP contribution in [-0.2, 0) is 0 Å². The van der Waals surface area contributed by atoms with E-state index in [9.17, 15) is 9.90 Å². The molecule has 0 unspecified atom stereocenters. The summed E-state index contributed by atoms with van der Waals surface area (Å²) in [5.41, 5.74) is 2.40. The minimum Gasteiger partial charge on any atom is -0.493 e. The van der Waals surface area contributed by atoms with Crippen molar-refractivity contribution in [3.8, 4) is 5.88 Å². The summed E-state index contributed by atoms with van der Waals surface area (Å²) in [5, 5.41) is 18.2. The number of rotatable bonds is 2. The first-order valence-corrected chi connectivity index (χ1v) is 7.37. The van der Waals surface area contributed by atoms with Crippen molar-refractivity contribution in [3.63, 3.8) is 0 Å². The number of aryl methyl sites for hydroxylation is 1. The second-order valence-electron chi connectivity index (χ2n) is 4.89. The fraction of sp³-hybridized carbons (Fsp3) is 0.0625. The molecule has 2 N–H and O–H groups in total. The average molecular weight is 358 g/mol. The van der Waals surface area contributed by atoms with Crippen molar-refractivity contribution in [2.45, 2.75) is 6.92 Å². The lowest BCUT2D eigenvalue weighted by atomic mass is 10.1. The summed E-state index contributed by atoms with van der Waals surface area (Å²) >= 11 is 3.37. The zero-order chi connectivity index (χ0) is 15.7. The molecule has 0 bridgehead atoms. The number of benzene rings is 2. The van der Waals surface area contributed by atoms with Gasteiger partial charge in [0.15, 0.2) is 5.69 Å². The largest absolute Gasteiger partial charge is 0.493 e. The van der Waals surface area contributed by atoms with Gasteiger partial charge in [0.25, 0.3) is 5.91 Å². The van der Waals surface area contributed by atoms with Crippen molar-refractivity contribution in [3.05, 3.63) is 58.1 Å². The summed E-state index contributed by atoms with van der Waals surface area (Å²) in [6.07, 6.45) is 0. The third-order valence-corrected chi connectivity index (χ3v) is 3.71. The number of H-pyrrole nitrogens is 1. The molecule has 0 radical (unpaired) electrons. The van der Waals surface area contributed by atoms with Crippen LogP contribution in [0.4, 0.5) is 5.69 Å². The van der Waals surface area contributed by atoms with Crippen LogP contribution in [0.2, 0.25) is 0 Å². The van der Waals surface area contributed by atoms with Crippen LogP contribution in [-0.4, -0.2) is 16.0 Å². The van der Waals surface area contributed by atoms with Crippen LogP contribution >= 0.6 is 15.9 Å². The molecule has 0 saturated carbocycles. The Bertz CT molecular complexity index is 900. The molecule has 0 fully saturated rings. The van der Waals surface area contributed by atoms with Crippen LogP contribution < -0.4 is 0 Å². The number of carbonyl (C=O) groups is 1. The number of halogens is 1. The van der Waals surface area contributed by atoms with Gasteiger partial charge < -0.3 is 10.1 Å². The highest BCUT2D eigenvalue weighted by atomic mass is 79.9. The second kappa shape index (κ2) is 5.73. The molecule has 0 spiro atoms. The van der Waals surface area contributed by atoms with Gasteiger partial charge in [0.1, 0.15) is 0 Å². The van der Waals surface area contributed by atoms with E-state index in [1.165, 1.54) is 0 Å². The highest BCUT2D eigenvalue weighted by Crippen LogP contribution is 2.36. The Kier molecular flexibility index (Phi) is 3.77. The molecule has 110 valence electrons. The van der Waals surface area contributed by atoms with Gasteiger partial charge in [0, 0.05) is 15.4 Å². The summed E-state index contributed by atoms with van der Waals surface area (Å²) in [6.45, 7) is 1.90. The molecular formula is C16H12BrN3O2. The first kappa shape index (κ1) is 14.5. The standard InChI is InChI=1S/C16H12BrN3O2/c1-9-3-2-4-10(7-9)15(21)20-19-14-12-8-11(17)5-6-13(12)18-16(14)22/h2-8,18,22H,1H3. The topological polar surface area (TPSA) is 77.8 Å². The molecule has 5 nitrogen and oxygen atoms in total. The fourth-order valence-corrected chi connectivity index (χ4v) is 2.53. The van der Waals surface area contributed by atoms with Gasteiger partial charge in [-0.3, -0.25) is 4.79 Å². The minimum absolute atomic E-state index is 0.117. The van der Waals surface area contributed by atoms with Crippen molar-refractivity contribution < 1.29 is 9.90 Å². The number of aromatic amines is 1. The Hall–Kier alpha value is -2.47. The van der Waals surface area contributed by atoms with Gasteiger partial charge in [-0.25, -0.2) is 0 Å². The number of aromatic hydroxyl groups is 1. The van der Waals surface area contributed by atoms with Gasteiger partial charge >= 0.3 is 0 Å². The average Bonchev–Trinajstić information content (AvgIpc) is 2.80. The van der Waals surface area contributed by atoms with E-state index < -0.39 is 5.91 Å². The van der Waals surface area contributed by atoms with Crippen molar-refractivity contribution in [2.24, 2.45) is 10.2 Å². The third kappa shape index (κ3) is 2.78. The van der Waals surface area contributed by atoms with E-state index in [0.29, 0.717) is 10.9 Å². The van der Waals surface area contributed by atoms with Crippen molar-refractivity contribution in [1.29, 1.82) is 0 Å². The molecule has 3 aromatic rings. The van der Waals surface area contributed by atoms with E-state index in [-0.39, 0.29) is 11.6 Å². The van der Waals surface area contributed by atoms with Crippen LogP contribution in [0.25, 0.3) is 10.9 Å². The maximum Gasteiger partial charge on any atom is 0.295 e. The van der Waals surface area contributed by atoms with Crippen LogP contribution in [0.15, 0.2) is 57.2 Å². The maximum absolute atomic E-state index is 12.0. The van der Waals surface area contributed by atoms with E-state index in [1.807, 2.05) is 19.1 Å². The van der Waals surface area contributed by atoms with E-state index >= 15 is 0 Å². The molecule has 6 heteroatoms. The number of fused-ring (bicyclic) bond motifs is 1. The first-order valence-electron chi connectivity index (χ1n) is 6.57. The Balaban J connectivity index is 1.97. The van der Waals surface area contributed by atoms with E-state index in [4.69, 9.17) is 0 Å². The number of carbonyl (C=O) groups excluding carboxylic acids is 1. The fourth-order valence-electron chi connectivity index (χ4n) is 2.17.